The maximum atomic E-state index is 13.9. The summed E-state index contributed by atoms with van der Waals surface area (Å²) < 4.78 is 81.0. The molecule has 0 spiro atoms. The van der Waals surface area contributed by atoms with E-state index in [0.29, 0.717) is 11.9 Å². The van der Waals surface area contributed by atoms with Crippen molar-refractivity contribution in [3.63, 3.8) is 0 Å². The Labute approximate surface area is 156 Å². The number of hydrogen-bond acceptors (Lipinski definition) is 5. The van der Waals surface area contributed by atoms with Gasteiger partial charge in [0.2, 0.25) is 10.0 Å². The zero-order valence-electron chi connectivity index (χ0n) is 14.6. The van der Waals surface area contributed by atoms with Crippen LogP contribution in [0.3, 0.4) is 0 Å². The number of piperazine rings is 1. The molecule has 1 aromatic carbocycles. The van der Waals surface area contributed by atoms with Gasteiger partial charge in [0.15, 0.2) is 5.03 Å². The second kappa shape index (κ2) is 6.93. The smallest absolute Gasteiger partial charge is 0.262 e. The number of sulfonamides is 2. The van der Waals surface area contributed by atoms with Crippen molar-refractivity contribution in [1.29, 1.82) is 0 Å². The van der Waals surface area contributed by atoms with Crippen LogP contribution in [0, 0.1) is 18.6 Å². The van der Waals surface area contributed by atoms with Crippen molar-refractivity contribution >= 4 is 20.0 Å². The fraction of sp³-hybridized carbons (Fsp3) is 0.400. The molecule has 0 amide bonds. The zero-order chi connectivity index (χ0) is 20.0. The number of nitrogens with zero attached hydrogens (tertiary/aromatic N) is 4. The molecular formula is C15H18F2N4O4S2. The van der Waals surface area contributed by atoms with Crippen LogP contribution in [0.5, 0.6) is 0 Å². The second-order valence-corrected chi connectivity index (χ2v) is 9.91. The Morgan fingerprint density at radius 2 is 1.52 bits per heavy atom. The maximum absolute atomic E-state index is 13.9. The van der Waals surface area contributed by atoms with Gasteiger partial charge in [-0.1, -0.05) is 0 Å². The van der Waals surface area contributed by atoms with E-state index in [2.05, 4.69) is 4.98 Å². The minimum atomic E-state index is -4.20. The molecular weight excluding hydrogens is 402 g/mol. The summed E-state index contributed by atoms with van der Waals surface area (Å²) in [5.74, 6) is -1.54. The molecule has 3 rings (SSSR count). The third-order valence-electron chi connectivity index (χ3n) is 4.40. The predicted octanol–water partition coefficient (Wildman–Crippen LogP) is 0.702. The molecule has 8 nitrogen and oxygen atoms in total. The molecule has 1 aromatic heterocycles. The Morgan fingerprint density at radius 3 is 2.00 bits per heavy atom. The Kier molecular flexibility index (Phi) is 5.10. The van der Waals surface area contributed by atoms with Gasteiger partial charge in [-0.25, -0.2) is 30.6 Å². The first-order valence-electron chi connectivity index (χ1n) is 7.99. The van der Waals surface area contributed by atoms with Crippen LogP contribution >= 0.6 is 0 Å². The fourth-order valence-corrected chi connectivity index (χ4v) is 5.67. The van der Waals surface area contributed by atoms with E-state index in [1.807, 2.05) is 0 Å². The largest absolute Gasteiger partial charge is 0.337 e. The highest BCUT2D eigenvalue weighted by Crippen LogP contribution is 2.23. The number of hydrogen-bond donors (Lipinski definition) is 0. The highest BCUT2D eigenvalue weighted by molar-refractivity contribution is 7.89. The molecule has 0 radical (unpaired) electrons. The summed E-state index contributed by atoms with van der Waals surface area (Å²) >= 11 is 0. The minimum Gasteiger partial charge on any atom is -0.337 e. The van der Waals surface area contributed by atoms with Gasteiger partial charge >= 0.3 is 0 Å². The van der Waals surface area contributed by atoms with Crippen molar-refractivity contribution in [2.75, 3.05) is 26.2 Å². The highest BCUT2D eigenvalue weighted by atomic mass is 32.2. The van der Waals surface area contributed by atoms with E-state index in [9.17, 15) is 25.6 Å². The number of aromatic nitrogens is 2. The van der Waals surface area contributed by atoms with Gasteiger partial charge in [-0.05, 0) is 19.1 Å². The van der Waals surface area contributed by atoms with E-state index in [-0.39, 0.29) is 31.2 Å². The standard InChI is InChI=1S/C15H18F2N4O4S2/c1-11-18-15(10-19(11)2)27(24,25)21-7-5-20(6-8-21)26(22,23)14-4-3-12(16)9-13(14)17/h3-4,9-10H,5-8H2,1-2H3. The summed E-state index contributed by atoms with van der Waals surface area (Å²) in [7, 11) is -6.38. The van der Waals surface area contributed by atoms with E-state index >= 15 is 0 Å². The van der Waals surface area contributed by atoms with E-state index in [0.717, 1.165) is 20.7 Å². The molecule has 12 heteroatoms. The van der Waals surface area contributed by atoms with Gasteiger partial charge < -0.3 is 4.57 Å². The van der Waals surface area contributed by atoms with Crippen LogP contribution in [-0.2, 0) is 27.1 Å². The van der Waals surface area contributed by atoms with E-state index < -0.39 is 36.6 Å². The normalized spacial score (nSPS) is 17.3. The van der Waals surface area contributed by atoms with Gasteiger partial charge in [0.1, 0.15) is 22.4 Å². The van der Waals surface area contributed by atoms with Crippen molar-refractivity contribution in [3.05, 3.63) is 41.9 Å². The van der Waals surface area contributed by atoms with Gasteiger partial charge in [-0.2, -0.15) is 8.61 Å². The molecule has 1 saturated heterocycles. The summed E-state index contributed by atoms with van der Waals surface area (Å²) in [5.41, 5.74) is 0. The highest BCUT2D eigenvalue weighted by Gasteiger charge is 2.35. The zero-order valence-corrected chi connectivity index (χ0v) is 16.3. The monoisotopic (exact) mass is 420 g/mol. The van der Waals surface area contributed by atoms with Crippen LogP contribution in [0.15, 0.2) is 34.3 Å². The molecule has 0 aliphatic carbocycles. The lowest BCUT2D eigenvalue weighted by atomic mass is 10.3. The lowest BCUT2D eigenvalue weighted by Gasteiger charge is -2.32. The first-order valence-corrected chi connectivity index (χ1v) is 10.9. The third kappa shape index (κ3) is 3.61. The van der Waals surface area contributed by atoms with Crippen LogP contribution in [-0.4, -0.2) is 61.2 Å². The molecule has 1 fully saturated rings. The van der Waals surface area contributed by atoms with Crippen molar-refractivity contribution < 1.29 is 25.6 Å². The maximum Gasteiger partial charge on any atom is 0.262 e. The Hall–Kier alpha value is -1.89. The van der Waals surface area contributed by atoms with E-state index in [1.165, 1.54) is 6.20 Å². The summed E-state index contributed by atoms with van der Waals surface area (Å²) in [6, 6.07) is 2.22. The molecule has 0 unspecified atom stereocenters. The molecule has 27 heavy (non-hydrogen) atoms. The Morgan fingerprint density at radius 1 is 0.963 bits per heavy atom. The number of aryl methyl sites for hydroxylation is 2. The molecule has 148 valence electrons. The SMILES string of the molecule is Cc1nc(S(=O)(=O)N2CCN(S(=O)(=O)c3ccc(F)cc3F)CC2)cn1C. The first-order chi connectivity index (χ1) is 12.5. The van der Waals surface area contributed by atoms with Gasteiger partial charge in [-0.15, -0.1) is 0 Å². The average molecular weight is 420 g/mol. The predicted molar refractivity (Wildman–Crippen MR) is 91.8 cm³/mol. The molecule has 0 bridgehead atoms. The van der Waals surface area contributed by atoms with Crippen molar-refractivity contribution in [2.24, 2.45) is 7.05 Å². The van der Waals surface area contributed by atoms with E-state index in [1.54, 1.807) is 18.5 Å². The molecule has 1 aliphatic heterocycles. The molecule has 0 N–H and O–H groups in total. The van der Waals surface area contributed by atoms with Crippen LogP contribution < -0.4 is 0 Å². The second-order valence-electron chi connectivity index (χ2n) is 6.12. The minimum absolute atomic E-state index is 0.0972. The number of benzene rings is 1. The fourth-order valence-electron chi connectivity index (χ4n) is 2.76. The summed E-state index contributed by atoms with van der Waals surface area (Å²) in [4.78, 5) is 3.37. The van der Waals surface area contributed by atoms with Gasteiger partial charge in [0.25, 0.3) is 10.0 Å². The molecule has 2 aromatic rings. The Bertz CT molecular complexity index is 1060. The summed E-state index contributed by atoms with van der Waals surface area (Å²) in [6.45, 7) is 1.18. The number of imidazole rings is 1. The Balaban J connectivity index is 1.78. The lowest BCUT2D eigenvalue weighted by Crippen LogP contribution is -2.50. The topological polar surface area (TPSA) is 92.6 Å². The van der Waals surface area contributed by atoms with Crippen LogP contribution in [0.4, 0.5) is 8.78 Å². The molecule has 0 saturated carbocycles. The van der Waals surface area contributed by atoms with Crippen molar-refractivity contribution in [3.8, 4) is 0 Å². The molecule has 2 heterocycles. The van der Waals surface area contributed by atoms with Crippen LogP contribution in [0.25, 0.3) is 0 Å². The van der Waals surface area contributed by atoms with Crippen LogP contribution in [0.1, 0.15) is 5.82 Å². The lowest BCUT2D eigenvalue weighted by molar-refractivity contribution is 0.271. The van der Waals surface area contributed by atoms with Crippen molar-refractivity contribution in [1.82, 2.24) is 18.2 Å². The molecule has 0 atom stereocenters. The van der Waals surface area contributed by atoms with E-state index in [4.69, 9.17) is 0 Å². The summed E-state index contributed by atoms with van der Waals surface area (Å²) in [5, 5.41) is -0.108. The number of halogens is 2. The number of rotatable bonds is 4. The average Bonchev–Trinajstić information content (AvgIpc) is 2.94. The van der Waals surface area contributed by atoms with Gasteiger partial charge in [-0.3, -0.25) is 0 Å². The van der Waals surface area contributed by atoms with Crippen molar-refractivity contribution in [2.45, 2.75) is 16.8 Å². The van der Waals surface area contributed by atoms with Crippen LogP contribution in [0.2, 0.25) is 0 Å². The summed E-state index contributed by atoms with van der Waals surface area (Å²) in [6.07, 6.45) is 1.39. The first kappa shape index (κ1) is 19.9. The molecule has 1 aliphatic rings. The van der Waals surface area contributed by atoms with Gasteiger partial charge in [0, 0.05) is 45.5 Å². The van der Waals surface area contributed by atoms with Gasteiger partial charge in [0.05, 0.1) is 0 Å². The quantitative estimate of drug-likeness (QED) is 0.726. The third-order valence-corrected chi connectivity index (χ3v) is 8.10.